The molecule has 0 aliphatic carbocycles. The molecule has 1 aliphatic heterocycles. The topological polar surface area (TPSA) is 103 Å². The maximum atomic E-state index is 12.2. The molecule has 2 aromatic carbocycles. The van der Waals surface area contributed by atoms with E-state index in [1.807, 2.05) is 24.3 Å². The molecule has 0 aromatic heterocycles. The van der Waals surface area contributed by atoms with Crippen LogP contribution in [0.1, 0.15) is 6.92 Å². The highest BCUT2D eigenvalue weighted by Gasteiger charge is 2.22. The Labute approximate surface area is 150 Å². The van der Waals surface area contributed by atoms with Crippen molar-refractivity contribution in [3.05, 3.63) is 58.6 Å². The molecule has 2 N–H and O–H groups in total. The summed E-state index contributed by atoms with van der Waals surface area (Å²) in [5, 5.41) is 16.5. The van der Waals surface area contributed by atoms with E-state index in [4.69, 9.17) is 9.47 Å². The van der Waals surface area contributed by atoms with Gasteiger partial charge in [-0.25, -0.2) is 0 Å². The van der Waals surface area contributed by atoms with E-state index < -0.39 is 11.0 Å². The van der Waals surface area contributed by atoms with Crippen LogP contribution in [0.25, 0.3) is 0 Å². The molecule has 136 valence electrons. The van der Waals surface area contributed by atoms with Crippen molar-refractivity contribution in [3.63, 3.8) is 0 Å². The number of nitro benzene ring substituents is 1. The molecule has 26 heavy (non-hydrogen) atoms. The van der Waals surface area contributed by atoms with Crippen molar-refractivity contribution in [2.75, 3.05) is 18.5 Å². The van der Waals surface area contributed by atoms with Gasteiger partial charge in [0.15, 0.2) is 11.5 Å². The van der Waals surface area contributed by atoms with Crippen molar-refractivity contribution < 1.29 is 19.2 Å². The van der Waals surface area contributed by atoms with Gasteiger partial charge in [0.1, 0.15) is 12.7 Å². The average molecular weight is 357 g/mol. The number of hydrogen-bond donors (Lipinski definition) is 2. The zero-order valence-corrected chi connectivity index (χ0v) is 14.2. The van der Waals surface area contributed by atoms with Gasteiger partial charge in [0.05, 0.1) is 11.0 Å². The van der Waals surface area contributed by atoms with Gasteiger partial charge in [-0.2, -0.15) is 0 Å². The Morgan fingerprint density at radius 1 is 1.27 bits per heavy atom. The normalized spacial score (nSPS) is 16.6. The Morgan fingerprint density at radius 3 is 2.81 bits per heavy atom. The van der Waals surface area contributed by atoms with Crippen LogP contribution < -0.4 is 20.1 Å². The van der Waals surface area contributed by atoms with Gasteiger partial charge >= 0.3 is 0 Å². The quantitative estimate of drug-likeness (QED) is 0.608. The molecule has 2 aromatic rings. The van der Waals surface area contributed by atoms with Gasteiger partial charge in [-0.15, -0.1) is 0 Å². The molecule has 8 heteroatoms. The number of fused-ring (bicyclic) bond motifs is 1. The van der Waals surface area contributed by atoms with Gasteiger partial charge in [-0.05, 0) is 25.1 Å². The number of nitrogens with one attached hydrogen (secondary N) is 2. The lowest BCUT2D eigenvalue weighted by molar-refractivity contribution is -0.384. The summed E-state index contributed by atoms with van der Waals surface area (Å²) >= 11 is 0. The van der Waals surface area contributed by atoms with Crippen molar-refractivity contribution in [1.82, 2.24) is 5.32 Å². The molecule has 1 aliphatic rings. The highest BCUT2D eigenvalue weighted by molar-refractivity contribution is 5.94. The van der Waals surface area contributed by atoms with Crippen LogP contribution >= 0.6 is 0 Å². The first-order valence-corrected chi connectivity index (χ1v) is 8.20. The first-order valence-electron chi connectivity index (χ1n) is 8.20. The van der Waals surface area contributed by atoms with Crippen LogP contribution in [0.4, 0.5) is 11.4 Å². The van der Waals surface area contributed by atoms with Gasteiger partial charge in [0, 0.05) is 24.4 Å². The molecule has 0 unspecified atom stereocenters. The lowest BCUT2D eigenvalue weighted by Crippen LogP contribution is -2.45. The lowest BCUT2D eigenvalue weighted by atomic mass is 10.2. The standard InChI is InChI=1S/C18H19N3O5/c1-12(18(22)20-13-5-4-6-14(9-13)21(23)24)19-10-15-11-25-16-7-2-3-8-17(16)26-15/h2-9,12,15,19H,10-11H2,1H3,(H,20,22)/t12-,15+/m0/s1. The molecule has 1 amide bonds. The minimum absolute atomic E-state index is 0.0742. The SMILES string of the molecule is C[C@H](NC[C@@H]1COc2ccccc2O1)C(=O)Nc1cccc([N+](=O)[O-])c1. The summed E-state index contributed by atoms with van der Waals surface area (Å²) in [4.78, 5) is 22.5. The van der Waals surface area contributed by atoms with Crippen LogP contribution in [0.3, 0.4) is 0 Å². The number of carbonyl (C=O) groups is 1. The number of non-ortho nitro benzene ring substituents is 1. The maximum Gasteiger partial charge on any atom is 0.271 e. The monoisotopic (exact) mass is 357 g/mol. The Balaban J connectivity index is 1.50. The van der Waals surface area contributed by atoms with Gasteiger partial charge in [0.25, 0.3) is 5.69 Å². The number of nitro groups is 1. The van der Waals surface area contributed by atoms with Crippen LogP contribution in [-0.2, 0) is 4.79 Å². The van der Waals surface area contributed by atoms with Gasteiger partial charge in [-0.3, -0.25) is 14.9 Å². The second-order valence-electron chi connectivity index (χ2n) is 5.92. The molecule has 3 rings (SSSR count). The Kier molecular flexibility index (Phi) is 5.33. The highest BCUT2D eigenvalue weighted by atomic mass is 16.6. The number of anilines is 1. The average Bonchev–Trinajstić information content (AvgIpc) is 2.66. The highest BCUT2D eigenvalue weighted by Crippen LogP contribution is 2.30. The first-order chi connectivity index (χ1) is 12.5. The number of para-hydroxylation sites is 2. The van der Waals surface area contributed by atoms with Crippen LogP contribution in [0.5, 0.6) is 11.5 Å². The summed E-state index contributed by atoms with van der Waals surface area (Å²) in [5.74, 6) is 1.10. The number of nitrogens with zero attached hydrogens (tertiary/aromatic N) is 1. The molecule has 8 nitrogen and oxygen atoms in total. The van der Waals surface area contributed by atoms with Crippen LogP contribution in [0.2, 0.25) is 0 Å². The number of hydrogen-bond acceptors (Lipinski definition) is 6. The minimum Gasteiger partial charge on any atom is -0.486 e. The van der Waals surface area contributed by atoms with Gasteiger partial charge in [0.2, 0.25) is 5.91 Å². The summed E-state index contributed by atoms with van der Waals surface area (Å²) < 4.78 is 11.5. The zero-order chi connectivity index (χ0) is 18.5. The second kappa shape index (κ2) is 7.83. The third-order valence-electron chi connectivity index (χ3n) is 3.94. The molecule has 0 radical (unpaired) electrons. The first kappa shape index (κ1) is 17.7. The molecule has 0 bridgehead atoms. The molecule has 0 saturated carbocycles. The summed E-state index contributed by atoms with van der Waals surface area (Å²) in [6, 6.07) is 12.7. The number of ether oxygens (including phenoxy) is 2. The molecule has 1 heterocycles. The van der Waals surface area contributed by atoms with Crippen molar-refractivity contribution in [2.45, 2.75) is 19.1 Å². The molecule has 0 fully saturated rings. The van der Waals surface area contributed by atoms with Crippen LogP contribution in [-0.4, -0.2) is 36.1 Å². The zero-order valence-electron chi connectivity index (χ0n) is 14.2. The number of amides is 1. The van der Waals surface area contributed by atoms with E-state index >= 15 is 0 Å². The molecule has 0 spiro atoms. The number of benzene rings is 2. The second-order valence-corrected chi connectivity index (χ2v) is 5.92. The fraction of sp³-hybridized carbons (Fsp3) is 0.278. The summed E-state index contributed by atoms with van der Waals surface area (Å²) in [5.41, 5.74) is 0.304. The van der Waals surface area contributed by atoms with Crippen molar-refractivity contribution in [1.29, 1.82) is 0 Å². The number of carbonyl (C=O) groups excluding carboxylic acids is 1. The largest absolute Gasteiger partial charge is 0.486 e. The third-order valence-corrected chi connectivity index (χ3v) is 3.94. The third kappa shape index (κ3) is 4.28. The van der Waals surface area contributed by atoms with Crippen molar-refractivity contribution in [3.8, 4) is 11.5 Å². The molecule has 0 saturated heterocycles. The predicted molar refractivity (Wildman–Crippen MR) is 95.5 cm³/mol. The van der Waals surface area contributed by atoms with Crippen molar-refractivity contribution >= 4 is 17.3 Å². The Morgan fingerprint density at radius 2 is 2.04 bits per heavy atom. The van der Waals surface area contributed by atoms with E-state index in [0.29, 0.717) is 30.3 Å². The van der Waals surface area contributed by atoms with E-state index in [2.05, 4.69) is 10.6 Å². The summed E-state index contributed by atoms with van der Waals surface area (Å²) in [6.45, 7) is 2.53. The fourth-order valence-corrected chi connectivity index (χ4v) is 2.51. The fourth-order valence-electron chi connectivity index (χ4n) is 2.51. The van der Waals surface area contributed by atoms with E-state index in [0.717, 1.165) is 0 Å². The molecular weight excluding hydrogens is 338 g/mol. The smallest absolute Gasteiger partial charge is 0.271 e. The van der Waals surface area contributed by atoms with E-state index in [1.54, 1.807) is 13.0 Å². The Hall–Kier alpha value is -3.13. The van der Waals surface area contributed by atoms with Gasteiger partial charge in [-0.1, -0.05) is 18.2 Å². The van der Waals surface area contributed by atoms with Crippen LogP contribution in [0, 0.1) is 10.1 Å². The van der Waals surface area contributed by atoms with E-state index in [9.17, 15) is 14.9 Å². The molecular formula is C18H19N3O5. The maximum absolute atomic E-state index is 12.2. The van der Waals surface area contributed by atoms with Crippen molar-refractivity contribution in [2.24, 2.45) is 0 Å². The summed E-state index contributed by atoms with van der Waals surface area (Å²) in [6.07, 6.45) is -0.210. The van der Waals surface area contributed by atoms with E-state index in [1.165, 1.54) is 18.2 Å². The van der Waals surface area contributed by atoms with Crippen LogP contribution in [0.15, 0.2) is 48.5 Å². The minimum atomic E-state index is -0.505. The number of rotatable bonds is 6. The van der Waals surface area contributed by atoms with Gasteiger partial charge < -0.3 is 20.1 Å². The predicted octanol–water partition coefficient (Wildman–Crippen LogP) is 2.35. The Bertz CT molecular complexity index is 811. The molecule has 2 atom stereocenters. The van der Waals surface area contributed by atoms with E-state index in [-0.39, 0.29) is 17.7 Å². The lowest BCUT2D eigenvalue weighted by Gasteiger charge is -2.27. The summed E-state index contributed by atoms with van der Waals surface area (Å²) in [7, 11) is 0.